The lowest BCUT2D eigenvalue weighted by molar-refractivity contribution is -0.126. The summed E-state index contributed by atoms with van der Waals surface area (Å²) in [5.41, 5.74) is 10.4. The molecule has 0 unspecified atom stereocenters. The van der Waals surface area contributed by atoms with Crippen molar-refractivity contribution in [3.8, 4) is 16.9 Å². The fraction of sp³-hybridized carbons (Fsp3) is 0.297. The maximum atomic E-state index is 13.3. The number of phenols is 1. The van der Waals surface area contributed by atoms with Crippen molar-refractivity contribution >= 4 is 17.9 Å². The SMILES string of the molecule is NCC1CCC(CNC(=O)c2cccc(-c3cccc(CN(CCc4ccc(O)cc4)C(=O)C=Cc4ccco4)c3)c2)CC1. The van der Waals surface area contributed by atoms with Crippen LogP contribution in [0.1, 0.15) is 52.9 Å². The first-order chi connectivity index (χ1) is 21.5. The number of furan rings is 1. The van der Waals surface area contributed by atoms with Crippen LogP contribution in [0.4, 0.5) is 0 Å². The molecule has 1 saturated carbocycles. The molecule has 0 spiro atoms. The molecule has 1 fully saturated rings. The molecule has 4 aromatic rings. The summed E-state index contributed by atoms with van der Waals surface area (Å²) in [6.07, 6.45) is 9.94. The number of nitrogens with one attached hydrogen (secondary N) is 1. The quantitative estimate of drug-likeness (QED) is 0.165. The second-order valence-electron chi connectivity index (χ2n) is 11.6. The van der Waals surface area contributed by atoms with E-state index in [1.807, 2.05) is 54.6 Å². The zero-order valence-electron chi connectivity index (χ0n) is 25.0. The predicted octanol–water partition coefficient (Wildman–Crippen LogP) is 6.43. The summed E-state index contributed by atoms with van der Waals surface area (Å²) in [6, 6.07) is 26.4. The number of hydrogen-bond donors (Lipinski definition) is 3. The molecule has 3 aromatic carbocycles. The number of nitrogens with two attached hydrogens (primary N) is 1. The van der Waals surface area contributed by atoms with Crippen molar-refractivity contribution in [2.45, 2.75) is 38.6 Å². The first-order valence-corrected chi connectivity index (χ1v) is 15.4. The Bertz CT molecular complexity index is 1540. The van der Waals surface area contributed by atoms with E-state index in [0.29, 0.717) is 49.2 Å². The molecule has 228 valence electrons. The number of phenolic OH excluding ortho intramolecular Hbond substituents is 1. The second kappa shape index (κ2) is 15.2. The van der Waals surface area contributed by atoms with Crippen LogP contribution >= 0.6 is 0 Å². The smallest absolute Gasteiger partial charge is 0.251 e. The molecule has 2 amide bonds. The molecular formula is C37H41N3O4. The van der Waals surface area contributed by atoms with E-state index in [-0.39, 0.29) is 17.6 Å². The predicted molar refractivity (Wildman–Crippen MR) is 174 cm³/mol. The molecule has 44 heavy (non-hydrogen) atoms. The Morgan fingerprint density at radius 1 is 0.886 bits per heavy atom. The molecule has 0 aliphatic heterocycles. The largest absolute Gasteiger partial charge is 0.508 e. The van der Waals surface area contributed by atoms with Crippen LogP contribution in [-0.2, 0) is 17.8 Å². The molecule has 1 aromatic heterocycles. The Hall–Kier alpha value is -4.62. The summed E-state index contributed by atoms with van der Waals surface area (Å²) in [6.45, 7) is 2.36. The van der Waals surface area contributed by atoms with Gasteiger partial charge >= 0.3 is 0 Å². The number of carbonyl (C=O) groups excluding carboxylic acids is 2. The van der Waals surface area contributed by atoms with Crippen LogP contribution in [0.5, 0.6) is 5.75 Å². The van der Waals surface area contributed by atoms with Crippen molar-refractivity contribution in [1.82, 2.24) is 10.2 Å². The summed E-state index contributed by atoms with van der Waals surface area (Å²) in [7, 11) is 0. The van der Waals surface area contributed by atoms with Crippen molar-refractivity contribution in [2.24, 2.45) is 17.6 Å². The molecule has 5 rings (SSSR count). The fourth-order valence-corrected chi connectivity index (χ4v) is 5.76. The molecule has 7 heteroatoms. The van der Waals surface area contributed by atoms with Gasteiger partial charge in [-0.1, -0.05) is 42.5 Å². The third-order valence-corrected chi connectivity index (χ3v) is 8.46. The molecule has 0 radical (unpaired) electrons. The zero-order valence-corrected chi connectivity index (χ0v) is 25.0. The number of benzene rings is 3. The van der Waals surface area contributed by atoms with Gasteiger partial charge < -0.3 is 25.5 Å². The van der Waals surface area contributed by atoms with Crippen molar-refractivity contribution in [3.05, 3.63) is 120 Å². The number of rotatable bonds is 12. The van der Waals surface area contributed by atoms with Crippen molar-refractivity contribution in [2.75, 3.05) is 19.6 Å². The van der Waals surface area contributed by atoms with E-state index in [1.165, 1.54) is 6.08 Å². The highest BCUT2D eigenvalue weighted by Crippen LogP contribution is 2.28. The number of carbonyl (C=O) groups is 2. The van der Waals surface area contributed by atoms with E-state index < -0.39 is 0 Å². The van der Waals surface area contributed by atoms with Gasteiger partial charge in [-0.25, -0.2) is 0 Å². The van der Waals surface area contributed by atoms with E-state index in [2.05, 4.69) is 11.4 Å². The normalized spacial score (nSPS) is 16.6. The highest BCUT2D eigenvalue weighted by Gasteiger charge is 2.21. The summed E-state index contributed by atoms with van der Waals surface area (Å²) in [4.78, 5) is 28.1. The van der Waals surface area contributed by atoms with Crippen molar-refractivity contribution < 1.29 is 19.1 Å². The second-order valence-corrected chi connectivity index (χ2v) is 11.6. The van der Waals surface area contributed by atoms with Gasteiger partial charge in [0.05, 0.1) is 6.26 Å². The summed E-state index contributed by atoms with van der Waals surface area (Å²) >= 11 is 0. The highest BCUT2D eigenvalue weighted by molar-refractivity contribution is 5.95. The van der Waals surface area contributed by atoms with Crippen molar-refractivity contribution in [3.63, 3.8) is 0 Å². The molecule has 4 N–H and O–H groups in total. The van der Waals surface area contributed by atoms with E-state index in [0.717, 1.165) is 54.5 Å². The molecular weight excluding hydrogens is 550 g/mol. The van der Waals surface area contributed by atoms with Crippen LogP contribution < -0.4 is 11.1 Å². The fourth-order valence-electron chi connectivity index (χ4n) is 5.76. The number of hydrogen-bond acceptors (Lipinski definition) is 5. The van der Waals surface area contributed by atoms with Crippen LogP contribution in [0.25, 0.3) is 17.2 Å². The lowest BCUT2D eigenvalue weighted by atomic mass is 9.82. The average molecular weight is 592 g/mol. The maximum Gasteiger partial charge on any atom is 0.251 e. The Morgan fingerprint density at radius 2 is 1.61 bits per heavy atom. The standard InChI is InChI=1S/C37H41N3O4/c38-24-28-9-11-29(12-10-28)25-39-37(43)33-7-2-6-32(23-33)31-5-1-4-30(22-31)26-40(20-19-27-13-15-34(41)16-14-27)36(42)18-17-35-8-3-21-44-35/h1-8,13-18,21-23,28-29,41H,9-12,19-20,24-26,38H2,(H,39,43). The minimum Gasteiger partial charge on any atom is -0.508 e. The zero-order chi connectivity index (χ0) is 30.7. The number of aromatic hydroxyl groups is 1. The van der Waals surface area contributed by atoms with Gasteiger partial charge in [0.1, 0.15) is 11.5 Å². The number of amides is 2. The van der Waals surface area contributed by atoms with Gasteiger partial charge in [-0.3, -0.25) is 9.59 Å². The van der Waals surface area contributed by atoms with Crippen LogP contribution in [0.3, 0.4) is 0 Å². The average Bonchev–Trinajstić information content (AvgIpc) is 3.59. The third-order valence-electron chi connectivity index (χ3n) is 8.46. The molecule has 1 aliphatic rings. The summed E-state index contributed by atoms with van der Waals surface area (Å²) < 4.78 is 5.35. The minimum absolute atomic E-state index is 0.0571. The van der Waals surface area contributed by atoms with Gasteiger partial charge in [-0.05, 0) is 121 Å². The Kier molecular flexibility index (Phi) is 10.7. The maximum absolute atomic E-state index is 13.3. The highest BCUT2D eigenvalue weighted by atomic mass is 16.3. The van der Waals surface area contributed by atoms with E-state index in [9.17, 15) is 14.7 Å². The molecule has 0 atom stereocenters. The third kappa shape index (κ3) is 8.71. The minimum atomic E-state index is -0.124. The monoisotopic (exact) mass is 591 g/mol. The lowest BCUT2D eigenvalue weighted by Crippen LogP contribution is -2.32. The van der Waals surface area contributed by atoms with E-state index in [1.54, 1.807) is 41.5 Å². The van der Waals surface area contributed by atoms with Gasteiger partial charge in [0.15, 0.2) is 0 Å². The molecule has 1 heterocycles. The molecule has 1 aliphatic carbocycles. The Balaban J connectivity index is 1.26. The van der Waals surface area contributed by atoms with Crippen LogP contribution in [0, 0.1) is 11.8 Å². The van der Waals surface area contributed by atoms with Gasteiger partial charge in [-0.2, -0.15) is 0 Å². The molecule has 7 nitrogen and oxygen atoms in total. The summed E-state index contributed by atoms with van der Waals surface area (Å²) in [5.74, 6) is 1.78. The van der Waals surface area contributed by atoms with Crippen molar-refractivity contribution in [1.29, 1.82) is 0 Å². The molecule has 0 bridgehead atoms. The Labute approximate surface area is 259 Å². The summed E-state index contributed by atoms with van der Waals surface area (Å²) in [5, 5.41) is 12.8. The Morgan fingerprint density at radius 3 is 2.34 bits per heavy atom. The lowest BCUT2D eigenvalue weighted by Gasteiger charge is -2.27. The van der Waals surface area contributed by atoms with E-state index >= 15 is 0 Å². The van der Waals surface area contributed by atoms with E-state index in [4.69, 9.17) is 10.2 Å². The first-order valence-electron chi connectivity index (χ1n) is 15.4. The van der Waals surface area contributed by atoms with Gasteiger partial charge in [0, 0.05) is 31.3 Å². The van der Waals surface area contributed by atoms with Crippen LogP contribution in [0.15, 0.2) is 102 Å². The number of nitrogens with zero attached hydrogens (tertiary/aromatic N) is 1. The molecule has 0 saturated heterocycles. The van der Waals surface area contributed by atoms with Gasteiger partial charge in [-0.15, -0.1) is 0 Å². The van der Waals surface area contributed by atoms with Gasteiger partial charge in [0.2, 0.25) is 5.91 Å². The van der Waals surface area contributed by atoms with Crippen LogP contribution in [-0.4, -0.2) is 41.5 Å². The topological polar surface area (TPSA) is 109 Å². The van der Waals surface area contributed by atoms with Gasteiger partial charge in [0.25, 0.3) is 5.91 Å². The first kappa shape index (κ1) is 30.8. The van der Waals surface area contributed by atoms with Crippen LogP contribution in [0.2, 0.25) is 0 Å².